The largest absolute Gasteiger partial charge is 0.495 e. The molecule has 0 radical (unpaired) electrons. The number of hydrogen-bond acceptors (Lipinski definition) is 6. The number of para-hydroxylation sites is 1. The van der Waals surface area contributed by atoms with E-state index in [0.717, 1.165) is 16.1 Å². The molecule has 0 atom stereocenters. The predicted octanol–water partition coefficient (Wildman–Crippen LogP) is 2.35. The molecule has 0 aliphatic heterocycles. The van der Waals surface area contributed by atoms with Gasteiger partial charge in [-0.2, -0.15) is 0 Å². The second-order valence-corrected chi connectivity index (χ2v) is 11.1. The van der Waals surface area contributed by atoms with Crippen LogP contribution in [0.15, 0.2) is 47.4 Å². The maximum Gasteiger partial charge on any atom is 0.245 e. The highest BCUT2D eigenvalue weighted by Crippen LogP contribution is 2.28. The summed E-state index contributed by atoms with van der Waals surface area (Å²) in [5.41, 5.74) is 1.30. The summed E-state index contributed by atoms with van der Waals surface area (Å²) in [4.78, 5) is 12.8. The van der Waals surface area contributed by atoms with Gasteiger partial charge < -0.3 is 10.1 Å². The van der Waals surface area contributed by atoms with Crippen LogP contribution >= 0.6 is 0 Å². The fraction of sp³-hybridized carbons (Fsp3) is 0.381. The lowest BCUT2D eigenvalue weighted by atomic mass is 10.1. The quantitative estimate of drug-likeness (QED) is 0.535. The summed E-state index contributed by atoms with van der Waals surface area (Å²) in [6.07, 6.45) is 1.61. The van der Waals surface area contributed by atoms with Gasteiger partial charge in [0.1, 0.15) is 12.3 Å². The van der Waals surface area contributed by atoms with Gasteiger partial charge in [0.15, 0.2) is 0 Å². The molecular weight excluding hydrogens is 454 g/mol. The van der Waals surface area contributed by atoms with Crippen molar-refractivity contribution in [2.75, 3.05) is 29.5 Å². The van der Waals surface area contributed by atoms with Gasteiger partial charge in [-0.05, 0) is 50.1 Å². The third-order valence-electron chi connectivity index (χ3n) is 4.47. The van der Waals surface area contributed by atoms with E-state index in [0.29, 0.717) is 12.1 Å². The standard InChI is InChI=1S/C21H29N3O6S2/c1-6-16-9-7-8-10-19(16)24(31(5,26)27)14-21(25)22-18-13-17(11-12-20(18)30-4)32(28,29)23-15(2)3/h7-13,15,23H,6,14H2,1-5H3,(H,22,25). The van der Waals surface area contributed by atoms with Gasteiger partial charge in [0.25, 0.3) is 0 Å². The van der Waals surface area contributed by atoms with Crippen molar-refractivity contribution >= 4 is 37.3 Å². The number of carbonyl (C=O) groups excluding carboxylic acids is 1. The Hall–Kier alpha value is -2.63. The first kappa shape index (κ1) is 25.6. The average molecular weight is 484 g/mol. The summed E-state index contributed by atoms with van der Waals surface area (Å²) in [5.74, 6) is -0.410. The lowest BCUT2D eigenvalue weighted by Gasteiger charge is -2.24. The minimum absolute atomic E-state index is 0.0569. The number of carbonyl (C=O) groups is 1. The van der Waals surface area contributed by atoms with E-state index in [1.54, 1.807) is 38.1 Å². The Labute approximate surface area is 189 Å². The molecule has 0 saturated carbocycles. The van der Waals surface area contributed by atoms with Gasteiger partial charge in [-0.1, -0.05) is 25.1 Å². The maximum absolute atomic E-state index is 12.8. The first-order chi connectivity index (χ1) is 14.9. The molecule has 0 heterocycles. The van der Waals surface area contributed by atoms with Crippen molar-refractivity contribution in [3.05, 3.63) is 48.0 Å². The van der Waals surface area contributed by atoms with Crippen LogP contribution < -0.4 is 19.1 Å². The van der Waals surface area contributed by atoms with Gasteiger partial charge in [0, 0.05) is 6.04 Å². The summed E-state index contributed by atoms with van der Waals surface area (Å²) >= 11 is 0. The van der Waals surface area contributed by atoms with Crippen LogP contribution in [0.5, 0.6) is 5.75 Å². The van der Waals surface area contributed by atoms with E-state index in [1.165, 1.54) is 25.3 Å². The minimum Gasteiger partial charge on any atom is -0.495 e. The van der Waals surface area contributed by atoms with Crippen LogP contribution in [0.2, 0.25) is 0 Å². The van der Waals surface area contributed by atoms with Crippen molar-refractivity contribution in [2.24, 2.45) is 0 Å². The smallest absolute Gasteiger partial charge is 0.245 e. The molecule has 0 saturated heterocycles. The van der Waals surface area contributed by atoms with Crippen LogP contribution in [0.25, 0.3) is 0 Å². The molecule has 1 amide bonds. The molecule has 2 N–H and O–H groups in total. The van der Waals surface area contributed by atoms with Crippen molar-refractivity contribution in [3.63, 3.8) is 0 Å². The summed E-state index contributed by atoms with van der Waals surface area (Å²) in [6.45, 7) is 4.79. The second-order valence-electron chi connectivity index (χ2n) is 7.44. The van der Waals surface area contributed by atoms with Gasteiger partial charge in [0.2, 0.25) is 26.0 Å². The predicted molar refractivity (Wildman–Crippen MR) is 125 cm³/mol. The average Bonchev–Trinajstić information content (AvgIpc) is 2.70. The maximum atomic E-state index is 12.8. The normalized spacial score (nSPS) is 11.9. The lowest BCUT2D eigenvalue weighted by Crippen LogP contribution is -2.38. The summed E-state index contributed by atoms with van der Waals surface area (Å²) in [6, 6.07) is 10.7. The Morgan fingerprint density at radius 1 is 1.09 bits per heavy atom. The van der Waals surface area contributed by atoms with Gasteiger partial charge in [0.05, 0.1) is 29.6 Å². The molecule has 2 aromatic rings. The number of rotatable bonds is 10. The van der Waals surface area contributed by atoms with E-state index in [-0.39, 0.29) is 22.4 Å². The molecule has 0 unspecified atom stereocenters. The van der Waals surface area contributed by atoms with Crippen molar-refractivity contribution in [2.45, 2.75) is 38.1 Å². The van der Waals surface area contributed by atoms with Crippen molar-refractivity contribution in [1.82, 2.24) is 4.72 Å². The molecule has 32 heavy (non-hydrogen) atoms. The fourth-order valence-corrected chi connectivity index (χ4v) is 5.25. The van der Waals surface area contributed by atoms with E-state index in [1.807, 2.05) is 6.92 Å². The summed E-state index contributed by atoms with van der Waals surface area (Å²) in [5, 5.41) is 2.57. The zero-order valence-corrected chi connectivity index (χ0v) is 20.4. The molecule has 9 nitrogen and oxygen atoms in total. The first-order valence-electron chi connectivity index (χ1n) is 9.95. The Kier molecular flexibility index (Phi) is 8.27. The zero-order chi connectivity index (χ0) is 24.1. The van der Waals surface area contributed by atoms with E-state index >= 15 is 0 Å². The van der Waals surface area contributed by atoms with Gasteiger partial charge >= 0.3 is 0 Å². The number of nitrogens with zero attached hydrogens (tertiary/aromatic N) is 1. The molecule has 2 rings (SSSR count). The van der Waals surface area contributed by atoms with Crippen LogP contribution in [0.3, 0.4) is 0 Å². The van der Waals surface area contributed by atoms with Crippen LogP contribution in [0.1, 0.15) is 26.3 Å². The molecule has 0 bridgehead atoms. The number of aryl methyl sites for hydroxylation is 1. The number of nitrogens with one attached hydrogen (secondary N) is 2. The lowest BCUT2D eigenvalue weighted by molar-refractivity contribution is -0.114. The van der Waals surface area contributed by atoms with Gasteiger partial charge in [-0.15, -0.1) is 0 Å². The molecule has 11 heteroatoms. The number of amides is 1. The number of benzene rings is 2. The molecular formula is C21H29N3O6S2. The van der Waals surface area contributed by atoms with Crippen LogP contribution in [0, 0.1) is 0 Å². The van der Waals surface area contributed by atoms with Crippen molar-refractivity contribution in [3.8, 4) is 5.75 Å². The number of methoxy groups -OCH3 is 1. The third kappa shape index (κ3) is 6.44. The van der Waals surface area contributed by atoms with Crippen LogP contribution in [-0.4, -0.2) is 48.7 Å². The molecule has 0 aromatic heterocycles. The van der Waals surface area contributed by atoms with Crippen LogP contribution in [0.4, 0.5) is 11.4 Å². The Morgan fingerprint density at radius 2 is 1.75 bits per heavy atom. The highest BCUT2D eigenvalue weighted by atomic mass is 32.2. The highest BCUT2D eigenvalue weighted by Gasteiger charge is 2.24. The van der Waals surface area contributed by atoms with E-state index in [2.05, 4.69) is 10.0 Å². The summed E-state index contributed by atoms with van der Waals surface area (Å²) < 4.78 is 58.6. The monoisotopic (exact) mass is 483 g/mol. The highest BCUT2D eigenvalue weighted by molar-refractivity contribution is 7.92. The number of sulfonamides is 2. The summed E-state index contributed by atoms with van der Waals surface area (Å²) in [7, 11) is -6.19. The first-order valence-corrected chi connectivity index (χ1v) is 13.3. The Bertz CT molecular complexity index is 1180. The molecule has 0 aliphatic rings. The molecule has 0 spiro atoms. The molecule has 176 valence electrons. The van der Waals surface area contributed by atoms with Crippen LogP contribution in [-0.2, 0) is 31.3 Å². The van der Waals surface area contributed by atoms with E-state index in [4.69, 9.17) is 4.74 Å². The number of hydrogen-bond donors (Lipinski definition) is 2. The fourth-order valence-electron chi connectivity index (χ4n) is 3.08. The van der Waals surface area contributed by atoms with Gasteiger partial charge in [-0.3, -0.25) is 9.10 Å². The second kappa shape index (κ2) is 10.3. The molecule has 2 aromatic carbocycles. The van der Waals surface area contributed by atoms with Gasteiger partial charge in [-0.25, -0.2) is 21.6 Å². The Balaban J connectivity index is 2.37. The van der Waals surface area contributed by atoms with Crippen molar-refractivity contribution in [1.29, 1.82) is 0 Å². The molecule has 0 fully saturated rings. The van der Waals surface area contributed by atoms with E-state index in [9.17, 15) is 21.6 Å². The zero-order valence-electron chi connectivity index (χ0n) is 18.7. The minimum atomic E-state index is -3.80. The van der Waals surface area contributed by atoms with Crippen molar-refractivity contribution < 1.29 is 26.4 Å². The molecule has 0 aliphatic carbocycles. The Morgan fingerprint density at radius 3 is 2.31 bits per heavy atom. The number of ether oxygens (including phenoxy) is 1. The SMILES string of the molecule is CCc1ccccc1N(CC(=O)Nc1cc(S(=O)(=O)NC(C)C)ccc1OC)S(C)(=O)=O. The third-order valence-corrected chi connectivity index (χ3v) is 7.26. The number of anilines is 2. The van der Waals surface area contributed by atoms with E-state index < -0.39 is 32.5 Å². The topological polar surface area (TPSA) is 122 Å².